The third-order valence-corrected chi connectivity index (χ3v) is 5.35. The van der Waals surface area contributed by atoms with Gasteiger partial charge in [-0.2, -0.15) is 5.10 Å². The Kier molecular flexibility index (Phi) is 6.53. The summed E-state index contributed by atoms with van der Waals surface area (Å²) in [4.78, 5) is 11.9. The van der Waals surface area contributed by atoms with Gasteiger partial charge in [0.1, 0.15) is 11.6 Å². The molecule has 6 nitrogen and oxygen atoms in total. The lowest BCUT2D eigenvalue weighted by Gasteiger charge is -2.32. The summed E-state index contributed by atoms with van der Waals surface area (Å²) in [6.07, 6.45) is 4.53. The highest BCUT2D eigenvalue weighted by Gasteiger charge is 2.32. The zero-order valence-corrected chi connectivity index (χ0v) is 17.2. The van der Waals surface area contributed by atoms with Crippen molar-refractivity contribution >= 4 is 30.6 Å². The largest absolute Gasteiger partial charge is 0.355 e. The fraction of sp³-hybridized carbons (Fsp3) is 0.611. The minimum atomic E-state index is 0. The first kappa shape index (κ1) is 20.9. The second-order valence-corrected chi connectivity index (χ2v) is 7.48. The fourth-order valence-electron chi connectivity index (χ4n) is 3.43. The van der Waals surface area contributed by atoms with Crippen LogP contribution < -0.4 is 10.6 Å². The van der Waals surface area contributed by atoms with Crippen LogP contribution in [0.25, 0.3) is 0 Å². The van der Waals surface area contributed by atoms with Crippen molar-refractivity contribution < 1.29 is 0 Å². The molecule has 0 atom stereocenters. The van der Waals surface area contributed by atoms with E-state index in [0.717, 1.165) is 42.4 Å². The summed E-state index contributed by atoms with van der Waals surface area (Å²) in [7, 11) is 2.10. The number of rotatable bonds is 5. The van der Waals surface area contributed by atoms with Gasteiger partial charge in [0.2, 0.25) is 0 Å². The quantitative estimate of drug-likeness (QED) is 0.805. The van der Waals surface area contributed by atoms with Gasteiger partial charge in [-0.25, -0.2) is 9.97 Å². The number of aryl methyl sites for hydroxylation is 2. The second kappa shape index (κ2) is 8.11. The lowest BCUT2D eigenvalue weighted by Crippen LogP contribution is -2.35. The first-order valence-corrected chi connectivity index (χ1v) is 8.87. The van der Waals surface area contributed by atoms with Gasteiger partial charge in [0, 0.05) is 54.5 Å². The Morgan fingerprint density at radius 3 is 2.38 bits per heavy atom. The average molecular weight is 399 g/mol. The maximum Gasteiger partial charge on any atom is 0.134 e. The lowest BCUT2D eigenvalue weighted by molar-refractivity contribution is 0.344. The van der Waals surface area contributed by atoms with Gasteiger partial charge in [-0.05, 0) is 39.5 Å². The van der Waals surface area contributed by atoms with E-state index in [1.165, 1.54) is 24.1 Å². The van der Waals surface area contributed by atoms with E-state index in [0.29, 0.717) is 17.9 Å². The molecule has 0 amide bonds. The van der Waals surface area contributed by atoms with Gasteiger partial charge in [-0.3, -0.25) is 5.10 Å². The van der Waals surface area contributed by atoms with Crippen molar-refractivity contribution in [2.75, 3.05) is 11.9 Å². The Balaban J connectivity index is 0.00000121. The number of aromatic amines is 1. The van der Waals surface area contributed by atoms with E-state index in [9.17, 15) is 0 Å². The van der Waals surface area contributed by atoms with Crippen LogP contribution in [0.3, 0.4) is 0 Å². The van der Waals surface area contributed by atoms with Crippen molar-refractivity contribution in [1.82, 2.24) is 20.2 Å². The number of halogens is 2. The molecular weight excluding hydrogens is 371 g/mol. The SMILES string of the molecule is Cc1n[nH]c(C)c1CN(C)c1cc(C2CC(N)C2)nc(C2CC2)n1.Cl.Cl. The molecule has 2 heterocycles. The molecular formula is C18H28Cl2N6. The highest BCUT2D eigenvalue weighted by molar-refractivity contribution is 5.85. The van der Waals surface area contributed by atoms with Crippen molar-refractivity contribution in [2.45, 2.75) is 64.0 Å². The van der Waals surface area contributed by atoms with Gasteiger partial charge in [0.25, 0.3) is 0 Å². The summed E-state index contributed by atoms with van der Waals surface area (Å²) in [6, 6.07) is 2.50. The number of nitrogens with zero attached hydrogens (tertiary/aromatic N) is 4. The Labute approximate surface area is 167 Å². The van der Waals surface area contributed by atoms with E-state index in [2.05, 4.69) is 35.1 Å². The zero-order chi connectivity index (χ0) is 16.8. The number of anilines is 1. The van der Waals surface area contributed by atoms with Crippen LogP contribution in [0.1, 0.15) is 66.0 Å². The summed E-state index contributed by atoms with van der Waals surface area (Å²) >= 11 is 0. The zero-order valence-electron chi connectivity index (χ0n) is 15.5. The summed E-state index contributed by atoms with van der Waals surface area (Å²) in [5.74, 6) is 3.10. The molecule has 2 aliphatic carbocycles. The molecule has 2 saturated carbocycles. The van der Waals surface area contributed by atoms with Crippen molar-refractivity contribution in [3.63, 3.8) is 0 Å². The summed E-state index contributed by atoms with van der Waals surface area (Å²) in [6.45, 7) is 4.92. The van der Waals surface area contributed by atoms with E-state index in [1.807, 2.05) is 6.92 Å². The summed E-state index contributed by atoms with van der Waals surface area (Å²) in [5, 5.41) is 7.36. The molecule has 0 spiro atoms. The number of nitrogens with two attached hydrogens (primary N) is 1. The molecule has 3 N–H and O–H groups in total. The normalized spacial score (nSPS) is 21.4. The van der Waals surface area contributed by atoms with Crippen LogP contribution in [0.5, 0.6) is 0 Å². The van der Waals surface area contributed by atoms with Crippen LogP contribution in [0.2, 0.25) is 0 Å². The van der Waals surface area contributed by atoms with Crippen molar-refractivity contribution in [3.05, 3.63) is 34.5 Å². The topological polar surface area (TPSA) is 83.7 Å². The smallest absolute Gasteiger partial charge is 0.134 e. The predicted octanol–water partition coefficient (Wildman–Crippen LogP) is 3.38. The second-order valence-electron chi connectivity index (χ2n) is 7.48. The minimum Gasteiger partial charge on any atom is -0.355 e. The third-order valence-electron chi connectivity index (χ3n) is 5.35. The van der Waals surface area contributed by atoms with Crippen molar-refractivity contribution in [2.24, 2.45) is 5.73 Å². The Morgan fingerprint density at radius 2 is 1.85 bits per heavy atom. The molecule has 26 heavy (non-hydrogen) atoms. The molecule has 2 aliphatic rings. The Morgan fingerprint density at radius 1 is 1.15 bits per heavy atom. The molecule has 4 rings (SSSR count). The molecule has 0 bridgehead atoms. The standard InChI is InChI=1S/C18H26N6.2ClH/c1-10-15(11(2)23-22-10)9-24(3)17-8-16(13-6-14(19)7-13)20-18(21-17)12-4-5-12;;/h8,12-14H,4-7,9,19H2,1-3H3,(H,22,23);2*1H. The molecule has 0 unspecified atom stereocenters. The summed E-state index contributed by atoms with van der Waals surface area (Å²) < 4.78 is 0. The van der Waals surface area contributed by atoms with Gasteiger partial charge in [-0.1, -0.05) is 0 Å². The van der Waals surface area contributed by atoms with Crippen LogP contribution in [-0.4, -0.2) is 33.3 Å². The van der Waals surface area contributed by atoms with E-state index in [-0.39, 0.29) is 24.8 Å². The number of nitrogens with one attached hydrogen (secondary N) is 1. The monoisotopic (exact) mass is 398 g/mol. The van der Waals surface area contributed by atoms with Crippen molar-refractivity contribution in [1.29, 1.82) is 0 Å². The Bertz CT molecular complexity index is 733. The number of hydrogen-bond donors (Lipinski definition) is 2. The van der Waals surface area contributed by atoms with Gasteiger partial charge < -0.3 is 10.6 Å². The van der Waals surface area contributed by atoms with Crippen LogP contribution in [0.15, 0.2) is 6.07 Å². The van der Waals surface area contributed by atoms with Gasteiger partial charge in [-0.15, -0.1) is 24.8 Å². The number of hydrogen-bond acceptors (Lipinski definition) is 5. The summed E-state index contributed by atoms with van der Waals surface area (Å²) in [5.41, 5.74) is 10.6. The third kappa shape index (κ3) is 4.13. The number of aromatic nitrogens is 4. The number of H-pyrrole nitrogens is 1. The molecule has 0 saturated heterocycles. The van der Waals surface area contributed by atoms with Gasteiger partial charge in [0.05, 0.1) is 5.69 Å². The fourth-order valence-corrected chi connectivity index (χ4v) is 3.43. The van der Waals surface area contributed by atoms with E-state index < -0.39 is 0 Å². The van der Waals surface area contributed by atoms with Gasteiger partial charge >= 0.3 is 0 Å². The van der Waals surface area contributed by atoms with Gasteiger partial charge in [0.15, 0.2) is 0 Å². The van der Waals surface area contributed by atoms with E-state index >= 15 is 0 Å². The van der Waals surface area contributed by atoms with Crippen LogP contribution >= 0.6 is 24.8 Å². The molecule has 2 aromatic heterocycles. The molecule has 0 aliphatic heterocycles. The highest BCUT2D eigenvalue weighted by Crippen LogP contribution is 2.41. The Hall–Kier alpha value is -1.37. The molecule has 2 aromatic rings. The lowest BCUT2D eigenvalue weighted by atomic mass is 9.78. The first-order chi connectivity index (χ1) is 11.5. The molecule has 8 heteroatoms. The van der Waals surface area contributed by atoms with E-state index in [4.69, 9.17) is 15.7 Å². The molecule has 0 aromatic carbocycles. The van der Waals surface area contributed by atoms with Crippen LogP contribution in [-0.2, 0) is 6.54 Å². The minimum absolute atomic E-state index is 0. The van der Waals surface area contributed by atoms with E-state index in [1.54, 1.807) is 0 Å². The predicted molar refractivity (Wildman–Crippen MR) is 109 cm³/mol. The van der Waals surface area contributed by atoms with Crippen molar-refractivity contribution in [3.8, 4) is 0 Å². The molecule has 2 fully saturated rings. The first-order valence-electron chi connectivity index (χ1n) is 8.87. The van der Waals surface area contributed by atoms with Crippen LogP contribution in [0.4, 0.5) is 5.82 Å². The highest BCUT2D eigenvalue weighted by atomic mass is 35.5. The maximum absolute atomic E-state index is 5.97. The molecule has 144 valence electrons. The average Bonchev–Trinajstić information content (AvgIpc) is 3.34. The maximum atomic E-state index is 5.97. The molecule has 0 radical (unpaired) electrons. The van der Waals surface area contributed by atoms with Crippen LogP contribution in [0, 0.1) is 13.8 Å².